The standard InChI is InChI=1S/C42H50ClN5O3/c1-31-19-24-45(29-31)22-9-23-46(25-20-32-10-4-2-5-11-32)41(49)38-30-47(26-27-48(38)42(50)51-36-13-6-3-7-14-36)40-37-18-17-35(43)28-34(37)16-15-33-12-8-21-44-39(33)40/h2,4-5,8,10-12,17-19,21,24,28-29,36,38,40H,3,6-7,9,13-16,20,22-23,25-27,30H2,1H3/t38-,40+/m1/s1. The van der Waals surface area contributed by atoms with Gasteiger partial charge in [-0.3, -0.25) is 19.6 Å². The second-order valence-corrected chi connectivity index (χ2v) is 14.9. The zero-order valence-electron chi connectivity index (χ0n) is 29.8. The number of ether oxygens (including phenoxy) is 1. The number of hydrogen-bond donors (Lipinski definition) is 0. The van der Waals surface area contributed by atoms with Gasteiger partial charge in [-0.05, 0) is 110 Å². The summed E-state index contributed by atoms with van der Waals surface area (Å²) in [5.74, 6) is -0.0221. The van der Waals surface area contributed by atoms with E-state index in [1.807, 2.05) is 41.4 Å². The Kier molecular flexibility index (Phi) is 11.4. The fourth-order valence-corrected chi connectivity index (χ4v) is 8.40. The zero-order chi connectivity index (χ0) is 35.2. The van der Waals surface area contributed by atoms with Gasteiger partial charge in [-0.2, -0.15) is 0 Å². The summed E-state index contributed by atoms with van der Waals surface area (Å²) in [6, 6.07) is 21.9. The Morgan fingerprint density at radius 1 is 0.941 bits per heavy atom. The Morgan fingerprint density at radius 3 is 2.57 bits per heavy atom. The number of fused-ring (bicyclic) bond motifs is 2. The van der Waals surface area contributed by atoms with Gasteiger partial charge in [0.2, 0.25) is 5.91 Å². The van der Waals surface area contributed by atoms with E-state index in [4.69, 9.17) is 21.3 Å². The van der Waals surface area contributed by atoms with Gasteiger partial charge in [-0.25, -0.2) is 4.79 Å². The highest BCUT2D eigenvalue weighted by Crippen LogP contribution is 2.38. The van der Waals surface area contributed by atoms with Crippen LogP contribution >= 0.6 is 11.6 Å². The molecule has 2 aromatic heterocycles. The van der Waals surface area contributed by atoms with Crippen molar-refractivity contribution < 1.29 is 14.3 Å². The first-order chi connectivity index (χ1) is 24.9. The minimum Gasteiger partial charge on any atom is -0.446 e. The van der Waals surface area contributed by atoms with Gasteiger partial charge >= 0.3 is 6.09 Å². The highest BCUT2D eigenvalue weighted by Gasteiger charge is 2.42. The molecule has 9 heteroatoms. The molecule has 2 amide bonds. The minimum absolute atomic E-state index is 0.0221. The molecular weight excluding hydrogens is 658 g/mol. The summed E-state index contributed by atoms with van der Waals surface area (Å²) in [5.41, 5.74) is 7.01. The van der Waals surface area contributed by atoms with Gasteiger partial charge in [0, 0.05) is 62.9 Å². The van der Waals surface area contributed by atoms with Gasteiger partial charge in [0.25, 0.3) is 0 Å². The Labute approximate surface area is 307 Å². The largest absolute Gasteiger partial charge is 0.446 e. The monoisotopic (exact) mass is 707 g/mol. The van der Waals surface area contributed by atoms with Gasteiger partial charge in [-0.15, -0.1) is 0 Å². The number of rotatable bonds is 10. The van der Waals surface area contributed by atoms with Crippen LogP contribution in [-0.2, 0) is 35.3 Å². The van der Waals surface area contributed by atoms with Crippen LogP contribution in [0.5, 0.6) is 0 Å². The number of aromatic nitrogens is 2. The third-order valence-electron chi connectivity index (χ3n) is 10.9. The molecule has 0 bridgehead atoms. The zero-order valence-corrected chi connectivity index (χ0v) is 30.5. The molecule has 0 unspecified atom stereocenters. The molecule has 1 saturated carbocycles. The van der Waals surface area contributed by atoms with E-state index in [-0.39, 0.29) is 24.1 Å². The van der Waals surface area contributed by atoms with Gasteiger partial charge in [0.1, 0.15) is 12.1 Å². The van der Waals surface area contributed by atoms with Gasteiger partial charge in [0.05, 0.1) is 11.7 Å². The first-order valence-corrected chi connectivity index (χ1v) is 19.2. The summed E-state index contributed by atoms with van der Waals surface area (Å²) < 4.78 is 8.34. The average molecular weight is 708 g/mol. The third-order valence-corrected chi connectivity index (χ3v) is 11.2. The second kappa shape index (κ2) is 16.5. The Bertz CT molecular complexity index is 1790. The quantitative estimate of drug-likeness (QED) is 0.169. The number of carbonyl (C=O) groups excluding carboxylic acids is 2. The fourth-order valence-electron chi connectivity index (χ4n) is 8.21. The van der Waals surface area contributed by atoms with Crippen LogP contribution < -0.4 is 0 Å². The maximum Gasteiger partial charge on any atom is 0.410 e. The van der Waals surface area contributed by atoms with Crippen LogP contribution in [0, 0.1) is 6.92 Å². The van der Waals surface area contributed by atoms with E-state index in [0.29, 0.717) is 32.7 Å². The van der Waals surface area contributed by atoms with Crippen LogP contribution in [0.2, 0.25) is 5.02 Å². The van der Waals surface area contributed by atoms with E-state index in [9.17, 15) is 4.79 Å². The molecule has 51 heavy (non-hydrogen) atoms. The van der Waals surface area contributed by atoms with Crippen LogP contribution in [0.3, 0.4) is 0 Å². The van der Waals surface area contributed by atoms with Gasteiger partial charge in [0.15, 0.2) is 0 Å². The molecular formula is C42H50ClN5O3. The van der Waals surface area contributed by atoms with Crippen LogP contribution in [0.25, 0.3) is 0 Å². The SMILES string of the molecule is Cc1ccn(CCCN(CCc2ccccc2)C(=O)[C@H]2CN([C@H]3c4ccc(Cl)cc4CCc4cccnc43)CCN2C(=O)OC2CCCCC2)c1. The summed E-state index contributed by atoms with van der Waals surface area (Å²) in [6.45, 7) is 5.47. The summed E-state index contributed by atoms with van der Waals surface area (Å²) in [7, 11) is 0. The van der Waals surface area contributed by atoms with Crippen molar-refractivity contribution in [3.8, 4) is 0 Å². The molecule has 1 saturated heterocycles. The lowest BCUT2D eigenvalue weighted by molar-refractivity contribution is -0.139. The predicted octanol–water partition coefficient (Wildman–Crippen LogP) is 7.65. The maximum atomic E-state index is 15.0. The molecule has 4 aromatic rings. The minimum atomic E-state index is -0.689. The lowest BCUT2D eigenvalue weighted by Crippen LogP contribution is -2.62. The number of piperazine rings is 1. The second-order valence-electron chi connectivity index (χ2n) is 14.5. The highest BCUT2D eigenvalue weighted by molar-refractivity contribution is 6.30. The third kappa shape index (κ3) is 8.50. The molecule has 3 heterocycles. The molecule has 268 valence electrons. The van der Waals surface area contributed by atoms with Gasteiger partial charge < -0.3 is 14.2 Å². The summed E-state index contributed by atoms with van der Waals surface area (Å²) in [5, 5.41) is 0.721. The van der Waals surface area contributed by atoms with Crippen molar-refractivity contribution in [2.24, 2.45) is 0 Å². The lowest BCUT2D eigenvalue weighted by atomic mass is 9.95. The van der Waals surface area contributed by atoms with E-state index in [0.717, 1.165) is 68.6 Å². The highest BCUT2D eigenvalue weighted by atomic mass is 35.5. The molecule has 2 atom stereocenters. The van der Waals surface area contributed by atoms with Crippen LogP contribution in [-0.4, -0.2) is 81.1 Å². The van der Waals surface area contributed by atoms with E-state index >= 15 is 4.79 Å². The van der Waals surface area contributed by atoms with Crippen molar-refractivity contribution in [3.63, 3.8) is 0 Å². The van der Waals surface area contributed by atoms with E-state index in [1.165, 1.54) is 34.2 Å². The molecule has 2 aliphatic carbocycles. The number of aryl methyl sites for hydroxylation is 4. The lowest BCUT2D eigenvalue weighted by Gasteiger charge is -2.45. The summed E-state index contributed by atoms with van der Waals surface area (Å²) in [4.78, 5) is 40.1. The molecule has 0 N–H and O–H groups in total. The first kappa shape index (κ1) is 35.3. The molecule has 2 aromatic carbocycles. The number of hydrogen-bond acceptors (Lipinski definition) is 5. The smallest absolute Gasteiger partial charge is 0.410 e. The van der Waals surface area contributed by atoms with Gasteiger partial charge in [-0.1, -0.05) is 60.5 Å². The Balaban J connectivity index is 1.19. The van der Waals surface area contributed by atoms with Crippen molar-refractivity contribution >= 4 is 23.6 Å². The van der Waals surface area contributed by atoms with E-state index in [2.05, 4.69) is 65.2 Å². The Morgan fingerprint density at radius 2 is 1.76 bits per heavy atom. The van der Waals surface area contributed by atoms with Crippen molar-refractivity contribution in [2.75, 3.05) is 32.7 Å². The predicted molar refractivity (Wildman–Crippen MR) is 201 cm³/mol. The molecule has 8 nitrogen and oxygen atoms in total. The molecule has 0 radical (unpaired) electrons. The first-order valence-electron chi connectivity index (χ1n) is 18.8. The van der Waals surface area contributed by atoms with Crippen molar-refractivity contribution in [3.05, 3.63) is 124 Å². The van der Waals surface area contributed by atoms with Crippen LogP contribution in [0.15, 0.2) is 85.3 Å². The van der Waals surface area contributed by atoms with E-state index in [1.54, 1.807) is 4.90 Å². The van der Waals surface area contributed by atoms with Crippen LogP contribution in [0.4, 0.5) is 4.79 Å². The molecule has 1 aliphatic heterocycles. The number of nitrogens with zero attached hydrogens (tertiary/aromatic N) is 5. The molecule has 0 spiro atoms. The average Bonchev–Trinajstić information content (AvgIpc) is 3.50. The number of halogens is 1. The molecule has 3 aliphatic rings. The van der Waals surface area contributed by atoms with Crippen LogP contribution in [0.1, 0.15) is 78.1 Å². The number of pyridine rings is 1. The summed E-state index contributed by atoms with van der Waals surface area (Å²) in [6.07, 6.45) is 14.0. The van der Waals surface area contributed by atoms with Crippen molar-refractivity contribution in [2.45, 2.75) is 89.4 Å². The van der Waals surface area contributed by atoms with Crippen molar-refractivity contribution in [1.82, 2.24) is 24.3 Å². The van der Waals surface area contributed by atoms with Crippen molar-refractivity contribution in [1.29, 1.82) is 0 Å². The number of benzene rings is 2. The fraction of sp³-hybridized carbons (Fsp3) is 0.452. The topological polar surface area (TPSA) is 70.9 Å². The number of amides is 2. The Hall–Kier alpha value is -4.14. The normalized spacial score (nSPS) is 19.5. The maximum absolute atomic E-state index is 15.0. The number of carbonyl (C=O) groups is 2. The van der Waals surface area contributed by atoms with E-state index < -0.39 is 6.04 Å². The molecule has 2 fully saturated rings. The molecule has 7 rings (SSSR count). The summed E-state index contributed by atoms with van der Waals surface area (Å²) >= 11 is 6.53.